The Labute approximate surface area is 109 Å². The maximum Gasteiger partial charge on any atom is 0.121 e. The summed E-state index contributed by atoms with van der Waals surface area (Å²) < 4.78 is 11.2. The minimum absolute atomic E-state index is 0.230. The van der Waals surface area contributed by atoms with Crippen LogP contribution < -0.4 is 10.1 Å². The van der Waals surface area contributed by atoms with Gasteiger partial charge < -0.3 is 14.8 Å². The van der Waals surface area contributed by atoms with Crippen LogP contribution in [0, 0.1) is 12.8 Å². The van der Waals surface area contributed by atoms with Crippen LogP contribution in [0.5, 0.6) is 5.75 Å². The molecule has 0 bridgehead atoms. The maximum absolute atomic E-state index is 5.90. The van der Waals surface area contributed by atoms with E-state index in [1.165, 1.54) is 11.1 Å². The molecule has 1 aromatic carbocycles. The van der Waals surface area contributed by atoms with Crippen molar-refractivity contribution in [3.63, 3.8) is 0 Å². The zero-order chi connectivity index (χ0) is 13.0. The lowest BCUT2D eigenvalue weighted by Gasteiger charge is -2.20. The van der Waals surface area contributed by atoms with Crippen molar-refractivity contribution in [3.05, 3.63) is 29.3 Å². The van der Waals surface area contributed by atoms with Gasteiger partial charge in [0.15, 0.2) is 0 Å². The second kappa shape index (κ2) is 6.21. The van der Waals surface area contributed by atoms with Gasteiger partial charge in [0.1, 0.15) is 5.75 Å². The maximum atomic E-state index is 5.90. The van der Waals surface area contributed by atoms with Crippen LogP contribution in [0.1, 0.15) is 30.6 Å². The van der Waals surface area contributed by atoms with Gasteiger partial charge in [-0.3, -0.25) is 0 Å². The van der Waals surface area contributed by atoms with Crippen molar-refractivity contribution in [3.8, 4) is 5.75 Å². The van der Waals surface area contributed by atoms with E-state index in [1.807, 2.05) is 6.07 Å². The van der Waals surface area contributed by atoms with Crippen LogP contribution in [0.2, 0.25) is 0 Å². The Bertz CT molecular complexity index is 392. The van der Waals surface area contributed by atoms with Gasteiger partial charge in [0.25, 0.3) is 0 Å². The Balaban J connectivity index is 2.12. The Kier molecular flexibility index (Phi) is 4.61. The van der Waals surface area contributed by atoms with Gasteiger partial charge in [-0.25, -0.2) is 0 Å². The molecule has 0 aromatic heterocycles. The third-order valence-corrected chi connectivity index (χ3v) is 3.62. The topological polar surface area (TPSA) is 30.5 Å². The van der Waals surface area contributed by atoms with E-state index in [-0.39, 0.29) is 6.10 Å². The molecule has 1 heterocycles. The van der Waals surface area contributed by atoms with Crippen molar-refractivity contribution in [2.75, 3.05) is 26.8 Å². The summed E-state index contributed by atoms with van der Waals surface area (Å²) >= 11 is 0. The van der Waals surface area contributed by atoms with E-state index in [1.54, 1.807) is 7.11 Å². The summed E-state index contributed by atoms with van der Waals surface area (Å²) in [4.78, 5) is 0. The lowest BCUT2D eigenvalue weighted by atomic mass is 9.94. The summed E-state index contributed by atoms with van der Waals surface area (Å²) in [7, 11) is 1.71. The van der Waals surface area contributed by atoms with E-state index in [0.29, 0.717) is 5.92 Å². The molecule has 1 saturated heterocycles. The molecule has 2 atom stereocenters. The van der Waals surface area contributed by atoms with Gasteiger partial charge in [0.05, 0.1) is 13.2 Å². The van der Waals surface area contributed by atoms with E-state index in [9.17, 15) is 0 Å². The van der Waals surface area contributed by atoms with Crippen molar-refractivity contribution in [1.29, 1.82) is 0 Å². The fourth-order valence-electron chi connectivity index (χ4n) is 2.62. The van der Waals surface area contributed by atoms with Crippen molar-refractivity contribution < 1.29 is 9.47 Å². The molecule has 3 heteroatoms. The zero-order valence-electron chi connectivity index (χ0n) is 11.5. The van der Waals surface area contributed by atoms with Crippen LogP contribution in [0.25, 0.3) is 0 Å². The highest BCUT2D eigenvalue weighted by molar-refractivity contribution is 5.37. The molecule has 2 unspecified atom stereocenters. The van der Waals surface area contributed by atoms with Gasteiger partial charge in [-0.2, -0.15) is 0 Å². The van der Waals surface area contributed by atoms with Crippen LogP contribution in [-0.2, 0) is 4.74 Å². The highest BCUT2D eigenvalue weighted by Crippen LogP contribution is 2.35. The number of hydrogen-bond donors (Lipinski definition) is 1. The number of hydrogen-bond acceptors (Lipinski definition) is 3. The number of ether oxygens (including phenoxy) is 2. The SMILES string of the molecule is CCNCC1CCOC1c1ccc(OC)c(C)c1. The van der Waals surface area contributed by atoms with E-state index >= 15 is 0 Å². The molecule has 0 saturated carbocycles. The van der Waals surface area contributed by atoms with Crippen molar-refractivity contribution in [2.24, 2.45) is 5.92 Å². The Hall–Kier alpha value is -1.06. The Morgan fingerprint density at radius 2 is 2.28 bits per heavy atom. The van der Waals surface area contributed by atoms with Gasteiger partial charge in [-0.05, 0) is 43.1 Å². The first-order valence-electron chi connectivity index (χ1n) is 6.73. The first-order valence-corrected chi connectivity index (χ1v) is 6.73. The standard InChI is InChI=1S/C15H23NO2/c1-4-16-10-13-7-8-18-15(13)12-5-6-14(17-3)11(2)9-12/h5-6,9,13,15-16H,4,7-8,10H2,1-3H3. The number of benzene rings is 1. The largest absolute Gasteiger partial charge is 0.496 e. The molecule has 1 aliphatic heterocycles. The minimum Gasteiger partial charge on any atom is -0.496 e. The second-order valence-corrected chi connectivity index (χ2v) is 4.88. The lowest BCUT2D eigenvalue weighted by Crippen LogP contribution is -2.24. The molecule has 0 aliphatic carbocycles. The highest BCUT2D eigenvalue weighted by atomic mass is 16.5. The molecule has 18 heavy (non-hydrogen) atoms. The number of methoxy groups -OCH3 is 1. The zero-order valence-corrected chi connectivity index (χ0v) is 11.5. The second-order valence-electron chi connectivity index (χ2n) is 4.88. The number of rotatable bonds is 5. The van der Waals surface area contributed by atoms with Gasteiger partial charge in [-0.15, -0.1) is 0 Å². The predicted molar refractivity (Wildman–Crippen MR) is 73.1 cm³/mol. The highest BCUT2D eigenvalue weighted by Gasteiger charge is 2.29. The first-order chi connectivity index (χ1) is 8.76. The first kappa shape index (κ1) is 13.4. The van der Waals surface area contributed by atoms with Crippen molar-refractivity contribution in [1.82, 2.24) is 5.32 Å². The molecule has 1 aliphatic rings. The van der Waals surface area contributed by atoms with E-state index in [4.69, 9.17) is 9.47 Å². The average molecular weight is 249 g/mol. The quantitative estimate of drug-likeness (QED) is 0.870. The smallest absolute Gasteiger partial charge is 0.121 e. The van der Waals surface area contributed by atoms with Gasteiger partial charge in [0, 0.05) is 19.1 Å². The monoisotopic (exact) mass is 249 g/mol. The van der Waals surface area contributed by atoms with E-state index < -0.39 is 0 Å². The van der Waals surface area contributed by atoms with Crippen LogP contribution in [-0.4, -0.2) is 26.8 Å². The minimum atomic E-state index is 0.230. The summed E-state index contributed by atoms with van der Waals surface area (Å²) in [5.41, 5.74) is 2.45. The predicted octanol–water partition coefficient (Wildman–Crippen LogP) is 2.69. The van der Waals surface area contributed by atoms with Crippen LogP contribution in [0.4, 0.5) is 0 Å². The third-order valence-electron chi connectivity index (χ3n) is 3.62. The van der Waals surface area contributed by atoms with E-state index in [2.05, 4.69) is 31.3 Å². The van der Waals surface area contributed by atoms with Gasteiger partial charge in [-0.1, -0.05) is 13.0 Å². The molecule has 0 radical (unpaired) electrons. The molecular formula is C15H23NO2. The third kappa shape index (κ3) is 2.85. The molecule has 1 fully saturated rings. The van der Waals surface area contributed by atoms with Crippen LogP contribution in [0.15, 0.2) is 18.2 Å². The molecule has 0 spiro atoms. The van der Waals surface area contributed by atoms with Gasteiger partial charge in [0.2, 0.25) is 0 Å². The summed E-state index contributed by atoms with van der Waals surface area (Å²) in [5, 5.41) is 3.42. The molecule has 1 aromatic rings. The molecule has 2 rings (SSSR count). The average Bonchev–Trinajstić information content (AvgIpc) is 2.84. The Morgan fingerprint density at radius 3 is 2.94 bits per heavy atom. The number of aryl methyl sites for hydroxylation is 1. The lowest BCUT2D eigenvalue weighted by molar-refractivity contribution is 0.0905. The van der Waals surface area contributed by atoms with Crippen LogP contribution >= 0.6 is 0 Å². The summed E-state index contributed by atoms with van der Waals surface area (Å²) in [6.07, 6.45) is 1.37. The van der Waals surface area contributed by atoms with E-state index in [0.717, 1.165) is 31.9 Å². The van der Waals surface area contributed by atoms with Crippen molar-refractivity contribution in [2.45, 2.75) is 26.4 Å². The molecule has 1 N–H and O–H groups in total. The summed E-state index contributed by atoms with van der Waals surface area (Å²) in [6.45, 7) is 7.14. The normalized spacial score (nSPS) is 23.3. The van der Waals surface area contributed by atoms with Gasteiger partial charge >= 0.3 is 0 Å². The molecular weight excluding hydrogens is 226 g/mol. The molecule has 3 nitrogen and oxygen atoms in total. The summed E-state index contributed by atoms with van der Waals surface area (Å²) in [6, 6.07) is 6.35. The fraction of sp³-hybridized carbons (Fsp3) is 0.600. The Morgan fingerprint density at radius 1 is 1.44 bits per heavy atom. The number of nitrogens with one attached hydrogen (secondary N) is 1. The molecule has 100 valence electrons. The van der Waals surface area contributed by atoms with Crippen LogP contribution in [0.3, 0.4) is 0 Å². The molecule has 0 amide bonds. The fourth-order valence-corrected chi connectivity index (χ4v) is 2.62. The summed E-state index contributed by atoms with van der Waals surface area (Å²) in [5.74, 6) is 1.53. The van der Waals surface area contributed by atoms with Crippen molar-refractivity contribution >= 4 is 0 Å².